The van der Waals surface area contributed by atoms with Crippen molar-refractivity contribution in [3.8, 4) is 11.5 Å². The molecule has 0 aliphatic rings. The Kier molecular flexibility index (Phi) is 5.64. The molecule has 1 amide bonds. The van der Waals surface area contributed by atoms with Crippen molar-refractivity contribution in [1.82, 2.24) is 9.97 Å². The van der Waals surface area contributed by atoms with Gasteiger partial charge < -0.3 is 20.1 Å². The standard InChI is InChI=1S/C19H16F2N4O3/c1-27-16-6-4-12(10-17(16)28-2)24-19-22-8-7-15(25-19)18(26)23-11-3-5-13(20)14(21)9-11/h3-10H,1-2H3,(H,23,26)(H,22,24,25). The number of nitrogens with one attached hydrogen (secondary N) is 2. The minimum Gasteiger partial charge on any atom is -0.493 e. The number of carbonyl (C=O) groups is 1. The van der Waals surface area contributed by atoms with Crippen LogP contribution in [0.4, 0.5) is 26.1 Å². The van der Waals surface area contributed by atoms with E-state index in [1.807, 2.05) is 0 Å². The molecule has 0 atom stereocenters. The van der Waals surface area contributed by atoms with Gasteiger partial charge in [0.05, 0.1) is 14.2 Å². The highest BCUT2D eigenvalue weighted by atomic mass is 19.2. The van der Waals surface area contributed by atoms with Crippen molar-refractivity contribution in [3.05, 3.63) is 66.0 Å². The number of halogens is 2. The van der Waals surface area contributed by atoms with Crippen molar-refractivity contribution in [3.63, 3.8) is 0 Å². The second kappa shape index (κ2) is 8.30. The molecular weight excluding hydrogens is 370 g/mol. The molecule has 0 radical (unpaired) electrons. The van der Waals surface area contributed by atoms with Gasteiger partial charge in [-0.05, 0) is 30.3 Å². The van der Waals surface area contributed by atoms with Gasteiger partial charge in [-0.3, -0.25) is 4.79 Å². The van der Waals surface area contributed by atoms with Crippen molar-refractivity contribution in [1.29, 1.82) is 0 Å². The topological polar surface area (TPSA) is 85.4 Å². The molecule has 0 fully saturated rings. The Morgan fingerprint density at radius 2 is 1.68 bits per heavy atom. The molecular formula is C19H16F2N4O3. The number of anilines is 3. The molecule has 28 heavy (non-hydrogen) atoms. The van der Waals surface area contributed by atoms with Crippen molar-refractivity contribution >= 4 is 23.2 Å². The minimum absolute atomic E-state index is 0.0442. The van der Waals surface area contributed by atoms with Crippen LogP contribution < -0.4 is 20.1 Å². The first-order chi connectivity index (χ1) is 13.5. The molecule has 2 aromatic carbocycles. The number of methoxy groups -OCH3 is 2. The molecule has 0 aliphatic heterocycles. The van der Waals surface area contributed by atoms with Crippen molar-refractivity contribution in [2.45, 2.75) is 0 Å². The first-order valence-electron chi connectivity index (χ1n) is 8.08. The first kappa shape index (κ1) is 19.0. The number of amides is 1. The Hall–Kier alpha value is -3.75. The normalized spacial score (nSPS) is 10.3. The molecule has 1 aromatic heterocycles. The van der Waals surface area contributed by atoms with E-state index in [4.69, 9.17) is 9.47 Å². The van der Waals surface area contributed by atoms with Crippen LogP contribution in [0, 0.1) is 11.6 Å². The van der Waals surface area contributed by atoms with Crippen LogP contribution in [-0.2, 0) is 0 Å². The maximum Gasteiger partial charge on any atom is 0.274 e. The number of carbonyl (C=O) groups excluding carboxylic acids is 1. The zero-order valence-electron chi connectivity index (χ0n) is 15.0. The first-order valence-corrected chi connectivity index (χ1v) is 8.08. The second-order valence-corrected chi connectivity index (χ2v) is 5.54. The average Bonchev–Trinajstić information content (AvgIpc) is 2.71. The lowest BCUT2D eigenvalue weighted by atomic mass is 10.2. The van der Waals surface area contributed by atoms with Gasteiger partial charge in [0.15, 0.2) is 23.1 Å². The van der Waals surface area contributed by atoms with Gasteiger partial charge in [-0.2, -0.15) is 0 Å². The Morgan fingerprint density at radius 1 is 0.929 bits per heavy atom. The number of ether oxygens (including phenoxy) is 2. The number of rotatable bonds is 6. The van der Waals surface area contributed by atoms with E-state index >= 15 is 0 Å². The summed E-state index contributed by atoms with van der Waals surface area (Å²) in [6.45, 7) is 0. The highest BCUT2D eigenvalue weighted by Crippen LogP contribution is 2.30. The summed E-state index contributed by atoms with van der Waals surface area (Å²) in [4.78, 5) is 20.5. The van der Waals surface area contributed by atoms with Crippen molar-refractivity contribution in [2.24, 2.45) is 0 Å². The zero-order chi connectivity index (χ0) is 20.1. The SMILES string of the molecule is COc1ccc(Nc2nccc(C(=O)Nc3ccc(F)c(F)c3)n2)cc1OC. The third-order valence-electron chi connectivity index (χ3n) is 3.71. The minimum atomic E-state index is -1.06. The summed E-state index contributed by atoms with van der Waals surface area (Å²) in [5.74, 6) is -1.40. The molecule has 0 unspecified atom stereocenters. The highest BCUT2D eigenvalue weighted by Gasteiger charge is 2.12. The Bertz CT molecular complexity index is 1010. The summed E-state index contributed by atoms with van der Waals surface area (Å²) < 4.78 is 36.7. The molecule has 7 nitrogen and oxygen atoms in total. The van der Waals surface area contributed by atoms with E-state index in [0.29, 0.717) is 17.2 Å². The number of benzene rings is 2. The van der Waals surface area contributed by atoms with Crippen LogP contribution >= 0.6 is 0 Å². The van der Waals surface area contributed by atoms with E-state index in [-0.39, 0.29) is 17.3 Å². The van der Waals surface area contributed by atoms with E-state index in [9.17, 15) is 13.6 Å². The lowest BCUT2D eigenvalue weighted by Crippen LogP contribution is -2.15. The molecule has 1 heterocycles. The molecule has 0 spiro atoms. The molecule has 0 saturated carbocycles. The van der Waals surface area contributed by atoms with Crippen LogP contribution in [0.5, 0.6) is 11.5 Å². The third kappa shape index (κ3) is 4.32. The predicted molar refractivity (Wildman–Crippen MR) is 99.2 cm³/mol. The monoisotopic (exact) mass is 386 g/mol. The predicted octanol–water partition coefficient (Wildman–Crippen LogP) is 3.77. The summed E-state index contributed by atoms with van der Waals surface area (Å²) >= 11 is 0. The Labute approximate surface area is 159 Å². The van der Waals surface area contributed by atoms with Gasteiger partial charge in [-0.25, -0.2) is 18.7 Å². The lowest BCUT2D eigenvalue weighted by molar-refractivity contribution is 0.102. The second-order valence-electron chi connectivity index (χ2n) is 5.54. The van der Waals surface area contributed by atoms with Gasteiger partial charge >= 0.3 is 0 Å². The fourth-order valence-corrected chi connectivity index (χ4v) is 2.36. The molecule has 0 bridgehead atoms. The van der Waals surface area contributed by atoms with E-state index < -0.39 is 17.5 Å². The number of nitrogens with zero attached hydrogens (tertiary/aromatic N) is 2. The van der Waals surface area contributed by atoms with Crippen LogP contribution in [0.3, 0.4) is 0 Å². The third-order valence-corrected chi connectivity index (χ3v) is 3.71. The fourth-order valence-electron chi connectivity index (χ4n) is 2.36. The molecule has 3 rings (SSSR count). The maximum absolute atomic E-state index is 13.3. The Balaban J connectivity index is 1.76. The molecule has 144 valence electrons. The molecule has 2 N–H and O–H groups in total. The Morgan fingerprint density at radius 3 is 2.39 bits per heavy atom. The zero-order valence-corrected chi connectivity index (χ0v) is 15.0. The number of hydrogen-bond acceptors (Lipinski definition) is 6. The molecule has 0 aliphatic carbocycles. The van der Waals surface area contributed by atoms with Gasteiger partial charge in [-0.1, -0.05) is 0 Å². The van der Waals surface area contributed by atoms with Crippen LogP contribution in [0.2, 0.25) is 0 Å². The van der Waals surface area contributed by atoms with Crippen molar-refractivity contribution < 1.29 is 23.0 Å². The summed E-state index contributed by atoms with van der Waals surface area (Å²) in [5.41, 5.74) is 0.774. The molecule has 0 saturated heterocycles. The highest BCUT2D eigenvalue weighted by molar-refractivity contribution is 6.03. The van der Waals surface area contributed by atoms with E-state index in [1.165, 1.54) is 32.5 Å². The van der Waals surface area contributed by atoms with Gasteiger partial charge in [0.25, 0.3) is 5.91 Å². The summed E-state index contributed by atoms with van der Waals surface area (Å²) in [7, 11) is 3.05. The van der Waals surface area contributed by atoms with Crippen LogP contribution in [0.15, 0.2) is 48.7 Å². The largest absolute Gasteiger partial charge is 0.493 e. The van der Waals surface area contributed by atoms with E-state index in [0.717, 1.165) is 12.1 Å². The fraction of sp³-hybridized carbons (Fsp3) is 0.105. The van der Waals surface area contributed by atoms with Gasteiger partial charge in [-0.15, -0.1) is 0 Å². The van der Waals surface area contributed by atoms with Crippen LogP contribution in [0.1, 0.15) is 10.5 Å². The molecule has 3 aromatic rings. The lowest BCUT2D eigenvalue weighted by Gasteiger charge is -2.11. The van der Waals surface area contributed by atoms with Gasteiger partial charge in [0, 0.05) is 29.7 Å². The van der Waals surface area contributed by atoms with E-state index in [2.05, 4.69) is 20.6 Å². The van der Waals surface area contributed by atoms with E-state index in [1.54, 1.807) is 18.2 Å². The van der Waals surface area contributed by atoms with Crippen LogP contribution in [-0.4, -0.2) is 30.1 Å². The average molecular weight is 386 g/mol. The smallest absolute Gasteiger partial charge is 0.274 e. The van der Waals surface area contributed by atoms with Gasteiger partial charge in [0.1, 0.15) is 5.69 Å². The van der Waals surface area contributed by atoms with Crippen LogP contribution in [0.25, 0.3) is 0 Å². The number of aromatic nitrogens is 2. The summed E-state index contributed by atoms with van der Waals surface area (Å²) in [5, 5.41) is 5.41. The molecule has 9 heteroatoms. The number of hydrogen-bond donors (Lipinski definition) is 2. The maximum atomic E-state index is 13.3. The quantitative estimate of drug-likeness (QED) is 0.671. The summed E-state index contributed by atoms with van der Waals surface area (Å²) in [6.07, 6.45) is 1.40. The summed E-state index contributed by atoms with van der Waals surface area (Å²) in [6, 6.07) is 9.59. The van der Waals surface area contributed by atoms with Crippen molar-refractivity contribution in [2.75, 3.05) is 24.9 Å². The van der Waals surface area contributed by atoms with Gasteiger partial charge in [0.2, 0.25) is 5.95 Å².